The van der Waals surface area contributed by atoms with Crippen molar-refractivity contribution in [1.29, 1.82) is 0 Å². The molecule has 0 unspecified atom stereocenters. The molecule has 0 aliphatic heterocycles. The SMILES string of the molecule is CCNCCc1sc(C2CC2)nc1-c1ccccc1. The van der Waals surface area contributed by atoms with Gasteiger partial charge in [0.1, 0.15) is 0 Å². The first-order valence-electron chi connectivity index (χ1n) is 7.14. The van der Waals surface area contributed by atoms with Gasteiger partial charge in [0.2, 0.25) is 0 Å². The van der Waals surface area contributed by atoms with Crippen LogP contribution in [0.15, 0.2) is 30.3 Å². The van der Waals surface area contributed by atoms with E-state index in [2.05, 4.69) is 42.6 Å². The van der Waals surface area contributed by atoms with Gasteiger partial charge in [-0.25, -0.2) is 4.98 Å². The first-order chi connectivity index (χ1) is 9.38. The number of likely N-dealkylation sites (N-methyl/N-ethyl adjacent to an activating group) is 1. The number of hydrogen-bond acceptors (Lipinski definition) is 3. The van der Waals surface area contributed by atoms with Crippen molar-refractivity contribution in [1.82, 2.24) is 10.3 Å². The van der Waals surface area contributed by atoms with Crippen molar-refractivity contribution in [2.45, 2.75) is 32.1 Å². The summed E-state index contributed by atoms with van der Waals surface area (Å²) in [6.45, 7) is 4.23. The van der Waals surface area contributed by atoms with E-state index in [0.29, 0.717) is 0 Å². The van der Waals surface area contributed by atoms with Crippen LogP contribution in [0.1, 0.15) is 35.6 Å². The molecule has 0 saturated heterocycles. The molecule has 3 rings (SSSR count). The number of nitrogens with zero attached hydrogens (tertiary/aromatic N) is 1. The highest BCUT2D eigenvalue weighted by molar-refractivity contribution is 7.12. The second-order valence-electron chi connectivity index (χ2n) is 5.07. The highest BCUT2D eigenvalue weighted by Crippen LogP contribution is 2.44. The summed E-state index contributed by atoms with van der Waals surface area (Å²) in [5, 5.41) is 4.76. The summed E-state index contributed by atoms with van der Waals surface area (Å²) in [7, 11) is 0. The van der Waals surface area contributed by atoms with Gasteiger partial charge in [-0.15, -0.1) is 11.3 Å². The zero-order valence-electron chi connectivity index (χ0n) is 11.4. The number of rotatable bonds is 6. The van der Waals surface area contributed by atoms with Crippen molar-refractivity contribution in [3.63, 3.8) is 0 Å². The largest absolute Gasteiger partial charge is 0.317 e. The molecule has 1 N–H and O–H groups in total. The van der Waals surface area contributed by atoms with Gasteiger partial charge in [-0.1, -0.05) is 37.3 Å². The minimum atomic E-state index is 0.750. The van der Waals surface area contributed by atoms with Crippen LogP contribution in [0.5, 0.6) is 0 Å². The molecule has 3 heteroatoms. The van der Waals surface area contributed by atoms with Crippen LogP contribution in [0, 0.1) is 0 Å². The minimum absolute atomic E-state index is 0.750. The second kappa shape index (κ2) is 5.85. The summed E-state index contributed by atoms with van der Waals surface area (Å²) in [6.07, 6.45) is 3.74. The maximum atomic E-state index is 4.91. The molecule has 2 nitrogen and oxygen atoms in total. The molecular formula is C16H20N2S. The standard InChI is InChI=1S/C16H20N2S/c1-2-17-11-10-14-15(12-6-4-3-5-7-12)18-16(19-14)13-8-9-13/h3-7,13,17H,2,8-11H2,1H3. The molecule has 0 bridgehead atoms. The summed E-state index contributed by atoms with van der Waals surface area (Å²) < 4.78 is 0. The molecule has 100 valence electrons. The highest BCUT2D eigenvalue weighted by Gasteiger charge is 2.28. The van der Waals surface area contributed by atoms with Crippen LogP contribution in [-0.4, -0.2) is 18.1 Å². The molecule has 1 heterocycles. The van der Waals surface area contributed by atoms with Crippen LogP contribution < -0.4 is 5.32 Å². The number of nitrogens with one attached hydrogen (secondary N) is 1. The fraction of sp³-hybridized carbons (Fsp3) is 0.438. The molecule has 1 aliphatic rings. The minimum Gasteiger partial charge on any atom is -0.317 e. The predicted molar refractivity (Wildman–Crippen MR) is 81.8 cm³/mol. The van der Waals surface area contributed by atoms with E-state index in [4.69, 9.17) is 4.98 Å². The Morgan fingerprint density at radius 3 is 2.74 bits per heavy atom. The van der Waals surface area contributed by atoms with Gasteiger partial charge in [-0.3, -0.25) is 0 Å². The van der Waals surface area contributed by atoms with E-state index < -0.39 is 0 Å². The van der Waals surface area contributed by atoms with Gasteiger partial charge in [-0.05, 0) is 25.8 Å². The van der Waals surface area contributed by atoms with Crippen molar-refractivity contribution in [3.8, 4) is 11.3 Å². The Labute approximate surface area is 118 Å². The zero-order valence-corrected chi connectivity index (χ0v) is 12.2. The Bertz CT molecular complexity index is 529. The van der Waals surface area contributed by atoms with E-state index in [9.17, 15) is 0 Å². The summed E-state index contributed by atoms with van der Waals surface area (Å²) in [5.74, 6) is 0.750. The third-order valence-electron chi connectivity index (χ3n) is 3.47. The molecule has 0 spiro atoms. The number of hydrogen-bond donors (Lipinski definition) is 1. The third-order valence-corrected chi connectivity index (χ3v) is 4.74. The first-order valence-corrected chi connectivity index (χ1v) is 7.96. The van der Waals surface area contributed by atoms with Crippen molar-refractivity contribution in [3.05, 3.63) is 40.2 Å². The van der Waals surface area contributed by atoms with Crippen LogP contribution in [-0.2, 0) is 6.42 Å². The van der Waals surface area contributed by atoms with Crippen LogP contribution in [0.3, 0.4) is 0 Å². The topological polar surface area (TPSA) is 24.9 Å². The van der Waals surface area contributed by atoms with E-state index >= 15 is 0 Å². The van der Waals surface area contributed by atoms with Gasteiger partial charge in [0, 0.05) is 22.9 Å². The second-order valence-corrected chi connectivity index (χ2v) is 6.18. The molecule has 0 radical (unpaired) electrons. The van der Waals surface area contributed by atoms with E-state index in [1.165, 1.54) is 34.0 Å². The van der Waals surface area contributed by atoms with Crippen molar-refractivity contribution in [2.75, 3.05) is 13.1 Å². The average Bonchev–Trinajstić information content (AvgIpc) is 3.21. The lowest BCUT2D eigenvalue weighted by molar-refractivity contribution is 0.721. The molecular weight excluding hydrogens is 252 g/mol. The van der Waals surface area contributed by atoms with E-state index in [0.717, 1.165) is 25.4 Å². The molecule has 0 atom stereocenters. The summed E-state index contributed by atoms with van der Waals surface area (Å²) >= 11 is 1.92. The molecule has 1 aliphatic carbocycles. The zero-order chi connectivity index (χ0) is 13.1. The molecule has 0 amide bonds. The fourth-order valence-corrected chi connectivity index (χ4v) is 3.50. The maximum Gasteiger partial charge on any atom is 0.0966 e. The summed E-state index contributed by atoms with van der Waals surface area (Å²) in [6, 6.07) is 10.6. The monoisotopic (exact) mass is 272 g/mol. The molecule has 1 fully saturated rings. The Hall–Kier alpha value is -1.19. The number of thiazole rings is 1. The maximum absolute atomic E-state index is 4.91. The third kappa shape index (κ3) is 3.04. The van der Waals surface area contributed by atoms with Crippen molar-refractivity contribution >= 4 is 11.3 Å². The van der Waals surface area contributed by atoms with Gasteiger partial charge in [-0.2, -0.15) is 0 Å². The first kappa shape index (κ1) is 12.8. The molecule has 19 heavy (non-hydrogen) atoms. The van der Waals surface area contributed by atoms with Crippen LogP contribution in [0.2, 0.25) is 0 Å². The Morgan fingerprint density at radius 2 is 2.05 bits per heavy atom. The Morgan fingerprint density at radius 1 is 1.26 bits per heavy atom. The lowest BCUT2D eigenvalue weighted by atomic mass is 10.1. The van der Waals surface area contributed by atoms with E-state index in [1.54, 1.807) is 0 Å². The predicted octanol–water partition coefficient (Wildman–Crippen LogP) is 3.84. The lowest BCUT2D eigenvalue weighted by Gasteiger charge is -2.03. The number of aromatic nitrogens is 1. The van der Waals surface area contributed by atoms with Crippen molar-refractivity contribution < 1.29 is 0 Å². The Kier molecular flexibility index (Phi) is 3.95. The molecule has 1 aromatic carbocycles. The van der Waals surface area contributed by atoms with Gasteiger partial charge >= 0.3 is 0 Å². The average molecular weight is 272 g/mol. The normalized spacial score (nSPS) is 14.8. The van der Waals surface area contributed by atoms with E-state index in [-0.39, 0.29) is 0 Å². The van der Waals surface area contributed by atoms with Gasteiger partial charge in [0.15, 0.2) is 0 Å². The highest BCUT2D eigenvalue weighted by atomic mass is 32.1. The van der Waals surface area contributed by atoms with E-state index in [1.807, 2.05) is 11.3 Å². The van der Waals surface area contributed by atoms with Crippen LogP contribution >= 0.6 is 11.3 Å². The van der Waals surface area contributed by atoms with Gasteiger partial charge < -0.3 is 5.32 Å². The smallest absolute Gasteiger partial charge is 0.0966 e. The fourth-order valence-electron chi connectivity index (χ4n) is 2.24. The Balaban J connectivity index is 1.87. The number of benzene rings is 1. The quantitative estimate of drug-likeness (QED) is 0.808. The van der Waals surface area contributed by atoms with Gasteiger partial charge in [0.25, 0.3) is 0 Å². The molecule has 1 aromatic heterocycles. The lowest BCUT2D eigenvalue weighted by Crippen LogP contribution is -2.15. The molecule has 1 saturated carbocycles. The van der Waals surface area contributed by atoms with Crippen LogP contribution in [0.25, 0.3) is 11.3 Å². The summed E-state index contributed by atoms with van der Waals surface area (Å²) in [4.78, 5) is 6.35. The van der Waals surface area contributed by atoms with Crippen molar-refractivity contribution in [2.24, 2.45) is 0 Å². The van der Waals surface area contributed by atoms with Gasteiger partial charge in [0.05, 0.1) is 10.7 Å². The van der Waals surface area contributed by atoms with Crippen LogP contribution in [0.4, 0.5) is 0 Å². The summed E-state index contributed by atoms with van der Waals surface area (Å²) in [5.41, 5.74) is 2.47. The molecule has 2 aromatic rings.